The predicted octanol–water partition coefficient (Wildman–Crippen LogP) is 2.03. The Morgan fingerprint density at radius 2 is 2.29 bits per heavy atom. The van der Waals surface area contributed by atoms with E-state index in [2.05, 4.69) is 15.6 Å². The molecule has 1 aromatic carbocycles. The second-order valence-corrected chi connectivity index (χ2v) is 4.64. The highest BCUT2D eigenvalue weighted by molar-refractivity contribution is 7.13. The first-order chi connectivity index (χ1) is 8.22. The van der Waals surface area contributed by atoms with Crippen molar-refractivity contribution in [3.05, 3.63) is 29.1 Å². The Hall–Kier alpha value is -2.08. The summed E-state index contributed by atoms with van der Waals surface area (Å²) in [6, 6.07) is 5.66. The summed E-state index contributed by atoms with van der Waals surface area (Å²) in [6.07, 6.45) is 0. The van der Waals surface area contributed by atoms with Crippen molar-refractivity contribution in [1.29, 1.82) is 0 Å². The number of nitrogens with zero attached hydrogens (tertiary/aromatic N) is 1. The Morgan fingerprint density at radius 3 is 3.06 bits per heavy atom. The minimum absolute atomic E-state index is 0.164. The van der Waals surface area contributed by atoms with E-state index in [0.717, 1.165) is 22.5 Å². The molecule has 3 rings (SSSR count). The fourth-order valence-electron chi connectivity index (χ4n) is 1.78. The van der Waals surface area contributed by atoms with Crippen LogP contribution in [-0.2, 0) is 6.54 Å². The first kappa shape index (κ1) is 10.1. The van der Waals surface area contributed by atoms with Gasteiger partial charge in [0.25, 0.3) is 0 Å². The number of amides is 2. The smallest absolute Gasteiger partial charge is 0.319 e. The molecule has 2 amide bonds. The van der Waals surface area contributed by atoms with Crippen molar-refractivity contribution < 1.29 is 4.79 Å². The Labute approximate surface area is 102 Å². The Balaban J connectivity index is 2.01. The lowest BCUT2D eigenvalue weighted by atomic mass is 10.1. The summed E-state index contributed by atoms with van der Waals surface area (Å²) in [4.78, 5) is 15.4. The lowest BCUT2D eigenvalue weighted by Gasteiger charge is -2.18. The van der Waals surface area contributed by atoms with Gasteiger partial charge in [0.2, 0.25) is 0 Å². The van der Waals surface area contributed by atoms with Crippen molar-refractivity contribution >= 4 is 28.2 Å². The minimum atomic E-state index is -0.164. The van der Waals surface area contributed by atoms with Crippen molar-refractivity contribution in [2.45, 2.75) is 6.54 Å². The average Bonchev–Trinajstić information content (AvgIpc) is 2.75. The van der Waals surface area contributed by atoms with Gasteiger partial charge in [0.15, 0.2) is 5.13 Å². The van der Waals surface area contributed by atoms with Crippen LogP contribution < -0.4 is 16.4 Å². The fourth-order valence-corrected chi connectivity index (χ4v) is 2.36. The number of nitrogen functional groups attached to an aromatic ring is 1. The van der Waals surface area contributed by atoms with Gasteiger partial charge in [0, 0.05) is 23.2 Å². The maximum absolute atomic E-state index is 11.1. The Kier molecular flexibility index (Phi) is 2.22. The van der Waals surface area contributed by atoms with Crippen molar-refractivity contribution in [3.8, 4) is 11.3 Å². The minimum Gasteiger partial charge on any atom is -0.375 e. The highest BCUT2D eigenvalue weighted by atomic mass is 32.1. The van der Waals surface area contributed by atoms with E-state index in [1.807, 2.05) is 23.6 Å². The number of anilines is 2. The molecule has 0 saturated heterocycles. The lowest BCUT2D eigenvalue weighted by molar-refractivity contribution is 0.251. The van der Waals surface area contributed by atoms with E-state index >= 15 is 0 Å². The molecule has 86 valence electrons. The van der Waals surface area contributed by atoms with Crippen LogP contribution in [0.1, 0.15) is 5.56 Å². The highest BCUT2D eigenvalue weighted by Gasteiger charge is 2.14. The molecule has 17 heavy (non-hydrogen) atoms. The first-order valence-electron chi connectivity index (χ1n) is 5.11. The molecule has 0 unspecified atom stereocenters. The molecule has 4 N–H and O–H groups in total. The standard InChI is InChI=1S/C11H10N4OS/c12-10-14-9(5-17-10)6-1-2-8-7(3-6)4-13-11(16)15-8/h1-3,5H,4H2,(H2,12,14)(H2,13,15,16). The number of fused-ring (bicyclic) bond motifs is 1. The third-order valence-corrected chi connectivity index (χ3v) is 3.28. The van der Waals surface area contributed by atoms with E-state index in [9.17, 15) is 4.79 Å². The van der Waals surface area contributed by atoms with E-state index in [4.69, 9.17) is 5.73 Å². The van der Waals surface area contributed by atoms with Gasteiger partial charge in [0.05, 0.1) is 5.69 Å². The van der Waals surface area contributed by atoms with Gasteiger partial charge < -0.3 is 16.4 Å². The molecule has 0 spiro atoms. The number of nitrogens with two attached hydrogens (primary N) is 1. The molecule has 1 aliphatic heterocycles. The van der Waals surface area contributed by atoms with Crippen LogP contribution in [0.2, 0.25) is 0 Å². The van der Waals surface area contributed by atoms with E-state index in [-0.39, 0.29) is 6.03 Å². The number of rotatable bonds is 1. The number of thiazole rings is 1. The second-order valence-electron chi connectivity index (χ2n) is 3.75. The van der Waals surface area contributed by atoms with Gasteiger partial charge in [-0.1, -0.05) is 6.07 Å². The zero-order chi connectivity index (χ0) is 11.8. The first-order valence-corrected chi connectivity index (χ1v) is 5.99. The number of carbonyl (C=O) groups excluding carboxylic acids is 1. The zero-order valence-electron chi connectivity index (χ0n) is 8.86. The third kappa shape index (κ3) is 1.83. The van der Waals surface area contributed by atoms with E-state index < -0.39 is 0 Å². The molecule has 0 bridgehead atoms. The molecule has 0 aliphatic carbocycles. The maximum Gasteiger partial charge on any atom is 0.319 e. The van der Waals surface area contributed by atoms with Gasteiger partial charge >= 0.3 is 6.03 Å². The fraction of sp³-hybridized carbons (Fsp3) is 0.0909. The van der Waals surface area contributed by atoms with Crippen LogP contribution in [-0.4, -0.2) is 11.0 Å². The molecule has 1 aromatic heterocycles. The normalized spacial score (nSPS) is 13.8. The number of hydrogen-bond donors (Lipinski definition) is 3. The maximum atomic E-state index is 11.1. The van der Waals surface area contributed by atoms with Crippen LogP contribution in [0.25, 0.3) is 11.3 Å². The SMILES string of the molecule is Nc1nc(-c2ccc3c(c2)CNC(=O)N3)cs1. The van der Waals surface area contributed by atoms with Crippen LogP contribution in [0.4, 0.5) is 15.6 Å². The molecule has 0 fully saturated rings. The van der Waals surface area contributed by atoms with Gasteiger partial charge in [-0.3, -0.25) is 0 Å². The van der Waals surface area contributed by atoms with Crippen molar-refractivity contribution in [2.75, 3.05) is 11.1 Å². The van der Waals surface area contributed by atoms with Crippen LogP contribution in [0, 0.1) is 0 Å². The summed E-state index contributed by atoms with van der Waals surface area (Å²) in [5.41, 5.74) is 9.38. The monoisotopic (exact) mass is 246 g/mol. The number of nitrogens with one attached hydrogen (secondary N) is 2. The predicted molar refractivity (Wildman–Crippen MR) is 67.8 cm³/mol. The lowest BCUT2D eigenvalue weighted by Crippen LogP contribution is -2.33. The Bertz CT molecular complexity index is 593. The van der Waals surface area contributed by atoms with Crippen molar-refractivity contribution in [2.24, 2.45) is 0 Å². The van der Waals surface area contributed by atoms with Crippen LogP contribution in [0.5, 0.6) is 0 Å². The van der Waals surface area contributed by atoms with Gasteiger partial charge in [0.1, 0.15) is 0 Å². The number of urea groups is 1. The molecule has 5 nitrogen and oxygen atoms in total. The quantitative estimate of drug-likeness (QED) is 0.720. The molecule has 0 radical (unpaired) electrons. The summed E-state index contributed by atoms with van der Waals surface area (Å²) in [5.74, 6) is 0. The van der Waals surface area contributed by atoms with Gasteiger partial charge in [-0.2, -0.15) is 0 Å². The van der Waals surface area contributed by atoms with Crippen molar-refractivity contribution in [1.82, 2.24) is 10.3 Å². The van der Waals surface area contributed by atoms with E-state index in [0.29, 0.717) is 11.7 Å². The van der Waals surface area contributed by atoms with E-state index in [1.165, 1.54) is 11.3 Å². The summed E-state index contributed by atoms with van der Waals surface area (Å²) in [6.45, 7) is 0.536. The summed E-state index contributed by atoms with van der Waals surface area (Å²) >= 11 is 1.42. The molecule has 0 atom stereocenters. The van der Waals surface area contributed by atoms with Gasteiger partial charge in [-0.25, -0.2) is 9.78 Å². The van der Waals surface area contributed by atoms with Crippen LogP contribution in [0.3, 0.4) is 0 Å². The van der Waals surface area contributed by atoms with E-state index in [1.54, 1.807) is 0 Å². The molecular formula is C11H10N4OS. The molecule has 1 aliphatic rings. The third-order valence-electron chi connectivity index (χ3n) is 2.61. The van der Waals surface area contributed by atoms with Gasteiger partial charge in [-0.05, 0) is 17.7 Å². The summed E-state index contributed by atoms with van der Waals surface area (Å²) in [5, 5.41) is 7.96. The number of benzene rings is 1. The number of aromatic nitrogens is 1. The average molecular weight is 246 g/mol. The second kappa shape index (κ2) is 3.74. The van der Waals surface area contributed by atoms with Gasteiger partial charge in [-0.15, -0.1) is 11.3 Å². The number of hydrogen-bond acceptors (Lipinski definition) is 4. The molecule has 2 aromatic rings. The largest absolute Gasteiger partial charge is 0.375 e. The van der Waals surface area contributed by atoms with Crippen LogP contribution >= 0.6 is 11.3 Å². The molecule has 6 heteroatoms. The summed E-state index contributed by atoms with van der Waals surface area (Å²) in [7, 11) is 0. The van der Waals surface area contributed by atoms with Crippen molar-refractivity contribution in [3.63, 3.8) is 0 Å². The molecular weight excluding hydrogens is 236 g/mol. The molecule has 0 saturated carbocycles. The zero-order valence-corrected chi connectivity index (χ0v) is 9.67. The Morgan fingerprint density at radius 1 is 1.41 bits per heavy atom. The van der Waals surface area contributed by atoms with Crippen LogP contribution in [0.15, 0.2) is 23.6 Å². The topological polar surface area (TPSA) is 80.0 Å². The summed E-state index contributed by atoms with van der Waals surface area (Å²) < 4.78 is 0. The number of carbonyl (C=O) groups is 1. The highest BCUT2D eigenvalue weighted by Crippen LogP contribution is 2.28. The molecule has 2 heterocycles.